The average Bonchev–Trinajstić information content (AvgIpc) is 3.08. The Balaban J connectivity index is 1.56. The molecular weight excluding hydrogens is 456 g/mol. The van der Waals surface area contributed by atoms with Crippen molar-refractivity contribution in [3.05, 3.63) is 53.1 Å². The maximum absolute atomic E-state index is 12.8. The highest BCUT2D eigenvalue weighted by Gasteiger charge is 2.25. The molecule has 8 nitrogen and oxygen atoms in total. The minimum absolute atomic E-state index is 0.130. The van der Waals surface area contributed by atoms with E-state index >= 15 is 0 Å². The molecule has 0 radical (unpaired) electrons. The van der Waals surface area contributed by atoms with E-state index in [1.54, 1.807) is 12.1 Å². The van der Waals surface area contributed by atoms with Crippen molar-refractivity contribution in [1.82, 2.24) is 4.31 Å². The smallest absolute Gasteiger partial charge is 0.338 e. The summed E-state index contributed by atoms with van der Waals surface area (Å²) in [4.78, 5) is 24.4. The second kappa shape index (κ2) is 10.8. The molecule has 0 atom stereocenters. The molecule has 0 unspecified atom stereocenters. The van der Waals surface area contributed by atoms with Crippen molar-refractivity contribution in [1.29, 1.82) is 0 Å². The minimum atomic E-state index is -3.60. The van der Waals surface area contributed by atoms with E-state index in [1.807, 2.05) is 0 Å². The molecule has 2 aromatic rings. The van der Waals surface area contributed by atoms with Crippen molar-refractivity contribution >= 4 is 39.2 Å². The maximum atomic E-state index is 12.8. The van der Waals surface area contributed by atoms with Crippen LogP contribution in [0.4, 0.5) is 5.69 Å². The van der Waals surface area contributed by atoms with Crippen LogP contribution in [0, 0.1) is 0 Å². The Morgan fingerprint density at radius 1 is 1.03 bits per heavy atom. The van der Waals surface area contributed by atoms with Crippen molar-refractivity contribution < 1.29 is 27.5 Å². The van der Waals surface area contributed by atoms with Gasteiger partial charge in [0.2, 0.25) is 10.0 Å². The number of methoxy groups -OCH3 is 1. The summed E-state index contributed by atoms with van der Waals surface area (Å²) in [5.74, 6) is -0.802. The molecule has 10 heteroatoms. The lowest BCUT2D eigenvalue weighted by Gasteiger charge is -2.19. The van der Waals surface area contributed by atoms with Gasteiger partial charge in [-0.05, 0) is 55.3 Å². The van der Waals surface area contributed by atoms with Gasteiger partial charge in [0.15, 0.2) is 6.61 Å². The van der Waals surface area contributed by atoms with Gasteiger partial charge in [0, 0.05) is 18.8 Å². The fourth-order valence-corrected chi connectivity index (χ4v) is 5.12. The van der Waals surface area contributed by atoms with Crippen LogP contribution < -0.4 is 10.1 Å². The molecule has 172 valence electrons. The number of nitrogens with zero attached hydrogens (tertiary/aromatic N) is 1. The van der Waals surface area contributed by atoms with Gasteiger partial charge >= 0.3 is 5.97 Å². The summed E-state index contributed by atoms with van der Waals surface area (Å²) in [5, 5.41) is 2.90. The van der Waals surface area contributed by atoms with Crippen molar-refractivity contribution in [2.24, 2.45) is 0 Å². The van der Waals surface area contributed by atoms with Crippen LogP contribution in [0.2, 0.25) is 5.02 Å². The highest BCUT2D eigenvalue weighted by Crippen LogP contribution is 2.27. The number of halogens is 1. The zero-order valence-electron chi connectivity index (χ0n) is 17.7. The first-order chi connectivity index (χ1) is 15.3. The first kappa shape index (κ1) is 24.0. The molecule has 1 fully saturated rings. The molecule has 0 aromatic heterocycles. The maximum Gasteiger partial charge on any atom is 0.338 e. The standard InChI is InChI=1S/C22H25ClN2O6S/c1-30-20-11-8-17(14-19(20)23)24-21(26)15-31-22(27)16-6-9-18(10-7-16)32(28,29)25-12-4-2-3-5-13-25/h6-11,14H,2-5,12-13,15H2,1H3,(H,24,26). The third-order valence-electron chi connectivity index (χ3n) is 5.06. The van der Waals surface area contributed by atoms with E-state index in [9.17, 15) is 18.0 Å². The lowest BCUT2D eigenvalue weighted by atomic mass is 10.2. The van der Waals surface area contributed by atoms with Gasteiger partial charge in [-0.25, -0.2) is 13.2 Å². The third-order valence-corrected chi connectivity index (χ3v) is 7.27. The third kappa shape index (κ3) is 5.99. The highest BCUT2D eigenvalue weighted by atomic mass is 35.5. The van der Waals surface area contributed by atoms with E-state index in [-0.39, 0.29) is 10.5 Å². The van der Waals surface area contributed by atoms with Crippen LogP contribution in [0.15, 0.2) is 47.4 Å². The zero-order valence-corrected chi connectivity index (χ0v) is 19.2. The van der Waals surface area contributed by atoms with Crippen LogP contribution in [0.1, 0.15) is 36.0 Å². The first-order valence-corrected chi connectivity index (χ1v) is 12.0. The lowest BCUT2D eigenvalue weighted by molar-refractivity contribution is -0.119. The number of benzene rings is 2. The van der Waals surface area contributed by atoms with Gasteiger partial charge in [-0.2, -0.15) is 4.31 Å². The average molecular weight is 481 g/mol. The summed E-state index contributed by atoms with van der Waals surface area (Å²) in [5.41, 5.74) is 0.583. The second-order valence-electron chi connectivity index (χ2n) is 7.32. The quantitative estimate of drug-likeness (QED) is 0.606. The minimum Gasteiger partial charge on any atom is -0.495 e. The number of esters is 1. The summed E-state index contributed by atoms with van der Waals surface area (Å²) in [6, 6.07) is 10.3. The summed E-state index contributed by atoms with van der Waals surface area (Å²) in [6.45, 7) is 0.498. The molecule has 32 heavy (non-hydrogen) atoms. The predicted molar refractivity (Wildman–Crippen MR) is 121 cm³/mol. The number of amides is 1. The number of carbonyl (C=O) groups excluding carboxylic acids is 2. The Morgan fingerprint density at radius 2 is 1.69 bits per heavy atom. The number of anilines is 1. The molecule has 1 amide bonds. The van der Waals surface area contributed by atoms with Gasteiger partial charge in [0.1, 0.15) is 5.75 Å². The fraction of sp³-hybridized carbons (Fsp3) is 0.364. The summed E-state index contributed by atoms with van der Waals surface area (Å²) in [7, 11) is -2.12. The summed E-state index contributed by atoms with van der Waals surface area (Å²) >= 11 is 6.02. The molecule has 1 N–H and O–H groups in total. The van der Waals surface area contributed by atoms with Crippen molar-refractivity contribution in [2.75, 3.05) is 32.1 Å². The second-order valence-corrected chi connectivity index (χ2v) is 9.66. The molecule has 0 saturated carbocycles. The Kier molecular flexibility index (Phi) is 8.11. The Labute approximate surface area is 192 Å². The van der Waals surface area contributed by atoms with Gasteiger partial charge in [0.25, 0.3) is 5.91 Å². The largest absolute Gasteiger partial charge is 0.495 e. The Hall–Kier alpha value is -2.62. The number of sulfonamides is 1. The van der Waals surface area contributed by atoms with Gasteiger partial charge < -0.3 is 14.8 Å². The monoisotopic (exact) mass is 480 g/mol. The Morgan fingerprint density at radius 3 is 2.28 bits per heavy atom. The molecule has 0 spiro atoms. The molecule has 1 saturated heterocycles. The number of rotatable bonds is 7. The van der Waals surface area contributed by atoms with Crippen LogP contribution in [0.5, 0.6) is 5.75 Å². The summed E-state index contributed by atoms with van der Waals surface area (Å²) in [6.07, 6.45) is 3.73. The zero-order chi connectivity index (χ0) is 23.1. The molecule has 3 rings (SSSR count). The molecule has 1 heterocycles. The number of ether oxygens (including phenoxy) is 2. The molecule has 0 bridgehead atoms. The molecular formula is C22H25ClN2O6S. The molecule has 0 aliphatic carbocycles. The van der Waals surface area contributed by atoms with Gasteiger partial charge in [-0.3, -0.25) is 4.79 Å². The van der Waals surface area contributed by atoms with E-state index in [1.165, 1.54) is 41.7 Å². The van der Waals surface area contributed by atoms with E-state index < -0.39 is 28.5 Å². The number of hydrogen-bond acceptors (Lipinski definition) is 6. The topological polar surface area (TPSA) is 102 Å². The predicted octanol–water partition coefficient (Wildman–Crippen LogP) is 3.71. The van der Waals surface area contributed by atoms with Crippen LogP contribution in [-0.2, 0) is 19.6 Å². The lowest BCUT2D eigenvalue weighted by Crippen LogP contribution is -2.31. The van der Waals surface area contributed by atoms with Crippen LogP contribution in [-0.4, -0.2) is 51.4 Å². The van der Waals surface area contributed by atoms with Crippen molar-refractivity contribution in [3.63, 3.8) is 0 Å². The summed E-state index contributed by atoms with van der Waals surface area (Å²) < 4.78 is 37.2. The number of carbonyl (C=O) groups is 2. The normalized spacial score (nSPS) is 14.9. The molecule has 2 aromatic carbocycles. The first-order valence-electron chi connectivity index (χ1n) is 10.2. The number of hydrogen-bond donors (Lipinski definition) is 1. The van der Waals surface area contributed by atoms with E-state index in [0.29, 0.717) is 29.5 Å². The van der Waals surface area contributed by atoms with Gasteiger partial charge in [-0.15, -0.1) is 0 Å². The van der Waals surface area contributed by atoms with E-state index in [4.69, 9.17) is 21.1 Å². The van der Waals surface area contributed by atoms with Crippen LogP contribution in [0.3, 0.4) is 0 Å². The van der Waals surface area contributed by atoms with Crippen LogP contribution >= 0.6 is 11.6 Å². The SMILES string of the molecule is COc1ccc(NC(=O)COC(=O)c2ccc(S(=O)(=O)N3CCCCCC3)cc2)cc1Cl. The van der Waals surface area contributed by atoms with Gasteiger partial charge in [-0.1, -0.05) is 24.4 Å². The van der Waals surface area contributed by atoms with E-state index in [0.717, 1.165) is 25.7 Å². The van der Waals surface area contributed by atoms with Crippen LogP contribution in [0.25, 0.3) is 0 Å². The highest BCUT2D eigenvalue weighted by molar-refractivity contribution is 7.89. The fourth-order valence-electron chi connectivity index (χ4n) is 3.35. The number of nitrogens with one attached hydrogen (secondary N) is 1. The van der Waals surface area contributed by atoms with E-state index in [2.05, 4.69) is 5.32 Å². The van der Waals surface area contributed by atoms with Crippen molar-refractivity contribution in [2.45, 2.75) is 30.6 Å². The molecule has 1 aliphatic heterocycles. The van der Waals surface area contributed by atoms with Gasteiger partial charge in [0.05, 0.1) is 22.6 Å². The Bertz CT molecular complexity index is 1060. The molecule has 1 aliphatic rings. The van der Waals surface area contributed by atoms with Crippen molar-refractivity contribution in [3.8, 4) is 5.75 Å².